The summed E-state index contributed by atoms with van der Waals surface area (Å²) < 4.78 is 0. The van der Waals surface area contributed by atoms with E-state index in [1.807, 2.05) is 0 Å². The molecule has 0 bridgehead atoms. The molecule has 1 aliphatic rings. The molecule has 0 fully saturated rings. The van der Waals surface area contributed by atoms with Crippen LogP contribution < -0.4 is 52.8 Å². The molecule has 0 N–H and O–H groups in total. The van der Waals surface area contributed by atoms with Crippen molar-refractivity contribution in [2.24, 2.45) is 0 Å². The van der Waals surface area contributed by atoms with E-state index < -0.39 is 8.07 Å². The van der Waals surface area contributed by atoms with Gasteiger partial charge in [-0.25, -0.2) is 16.8 Å². The van der Waals surface area contributed by atoms with E-state index in [2.05, 4.69) is 111 Å². The van der Waals surface area contributed by atoms with Gasteiger partial charge in [-0.1, -0.05) is 127 Å². The van der Waals surface area contributed by atoms with Crippen molar-refractivity contribution < 1.29 is 58.9 Å². The molecule has 0 saturated heterocycles. The number of hydrogen-bond donors (Lipinski definition) is 0. The molecule has 0 saturated carbocycles. The van der Waals surface area contributed by atoms with Crippen molar-refractivity contribution in [1.29, 1.82) is 0 Å². The van der Waals surface area contributed by atoms with Crippen LogP contribution in [0.15, 0.2) is 107 Å². The predicted octanol–water partition coefficient (Wildman–Crippen LogP) is -4.82. The van der Waals surface area contributed by atoms with Gasteiger partial charge in [-0.3, -0.25) is 0 Å². The fourth-order valence-electron chi connectivity index (χ4n) is 4.34. The number of rotatable bonds is 4. The van der Waals surface area contributed by atoms with Crippen molar-refractivity contribution in [3.05, 3.63) is 113 Å². The van der Waals surface area contributed by atoms with Crippen LogP contribution in [0.2, 0.25) is 0 Å². The molecular formula is C25H23Cl3SiTi. The zero-order valence-corrected chi connectivity index (χ0v) is 21.8. The summed E-state index contributed by atoms with van der Waals surface area (Å²) in [6.07, 6.45) is 4.64. The SMILES string of the molecule is CC1=[C-]C(C)=C([Si](c2ccccc2)(c2ccccc2)c2ccccc2)C1.[Cl-].[Cl-].[Cl-].[Ti+4]. The molecule has 5 heteroatoms. The number of allylic oxidation sites excluding steroid dienone is 4. The molecule has 0 unspecified atom stereocenters. The van der Waals surface area contributed by atoms with Crippen molar-refractivity contribution in [3.63, 3.8) is 0 Å². The monoisotopic (exact) mass is 504 g/mol. The van der Waals surface area contributed by atoms with Crippen LogP contribution >= 0.6 is 0 Å². The first kappa shape index (κ1) is 28.9. The van der Waals surface area contributed by atoms with E-state index in [4.69, 9.17) is 0 Å². The van der Waals surface area contributed by atoms with E-state index in [9.17, 15) is 0 Å². The third-order valence-electron chi connectivity index (χ3n) is 5.37. The maximum absolute atomic E-state index is 3.61. The van der Waals surface area contributed by atoms with Crippen LogP contribution in [0.4, 0.5) is 0 Å². The summed E-state index contributed by atoms with van der Waals surface area (Å²) in [4.78, 5) is 0. The first-order valence-electron chi connectivity index (χ1n) is 9.19. The predicted molar refractivity (Wildman–Crippen MR) is 114 cm³/mol. The Morgan fingerprint density at radius 1 is 0.600 bits per heavy atom. The van der Waals surface area contributed by atoms with Crippen molar-refractivity contribution >= 4 is 23.6 Å². The average Bonchev–Trinajstić information content (AvgIpc) is 3.03. The zero-order chi connectivity index (χ0) is 18.0. The molecular weight excluding hydrogens is 483 g/mol. The van der Waals surface area contributed by atoms with Gasteiger partial charge in [0.05, 0.1) is 8.07 Å². The Balaban J connectivity index is 0.00000210. The first-order valence-corrected chi connectivity index (χ1v) is 11.2. The summed E-state index contributed by atoms with van der Waals surface area (Å²) in [5.41, 5.74) is 2.67. The van der Waals surface area contributed by atoms with E-state index in [1.54, 1.807) is 5.20 Å². The van der Waals surface area contributed by atoms with Crippen LogP contribution in [0.5, 0.6) is 0 Å². The van der Waals surface area contributed by atoms with Gasteiger partial charge in [-0.15, -0.1) is 0 Å². The van der Waals surface area contributed by atoms with Gasteiger partial charge in [0.2, 0.25) is 0 Å². The standard InChI is InChI=1S/C25H23Si.3ClH.Ti/c1-20-18-21(2)25(19-20)26(22-12-6-3-7-13-22,23-14-8-4-9-15-23)24-16-10-5-11-17-24;;;;/h3-17H,19H2,1-2H3;3*1H;/q-1;;;;+4/p-3. The van der Waals surface area contributed by atoms with E-state index >= 15 is 0 Å². The Labute approximate surface area is 215 Å². The Morgan fingerprint density at radius 2 is 0.933 bits per heavy atom. The minimum Gasteiger partial charge on any atom is -1.00 e. The molecule has 0 aliphatic heterocycles. The molecule has 30 heavy (non-hydrogen) atoms. The van der Waals surface area contributed by atoms with E-state index in [1.165, 1.54) is 26.7 Å². The molecule has 0 atom stereocenters. The van der Waals surface area contributed by atoms with Gasteiger partial charge < -0.3 is 37.2 Å². The number of benzene rings is 3. The Kier molecular flexibility index (Phi) is 12.3. The Bertz CT molecular complexity index is 874. The average molecular weight is 506 g/mol. The topological polar surface area (TPSA) is 0 Å². The maximum Gasteiger partial charge on any atom is 4.00 e. The zero-order valence-electron chi connectivity index (χ0n) is 17.0. The molecule has 3 aromatic rings. The second-order valence-electron chi connectivity index (χ2n) is 7.03. The van der Waals surface area contributed by atoms with Crippen LogP contribution in [0.1, 0.15) is 20.3 Å². The maximum atomic E-state index is 3.61. The van der Waals surface area contributed by atoms with Gasteiger partial charge in [-0.2, -0.15) is 5.57 Å². The minimum absolute atomic E-state index is 0. The van der Waals surface area contributed by atoms with Gasteiger partial charge in [0, 0.05) is 0 Å². The van der Waals surface area contributed by atoms with Crippen LogP contribution in [0, 0.1) is 6.08 Å². The van der Waals surface area contributed by atoms with E-state index in [0.29, 0.717) is 0 Å². The quantitative estimate of drug-likeness (QED) is 0.190. The Morgan fingerprint density at radius 3 is 1.20 bits per heavy atom. The van der Waals surface area contributed by atoms with Gasteiger partial charge in [-0.05, 0) is 0 Å². The molecule has 152 valence electrons. The molecule has 0 aromatic heterocycles. The minimum atomic E-state index is -2.30. The molecule has 4 rings (SSSR count). The van der Waals surface area contributed by atoms with Crippen molar-refractivity contribution in [1.82, 2.24) is 0 Å². The van der Waals surface area contributed by atoms with Gasteiger partial charge >= 0.3 is 21.7 Å². The van der Waals surface area contributed by atoms with Crippen molar-refractivity contribution in [2.75, 3.05) is 0 Å². The fourth-order valence-corrected chi connectivity index (χ4v) is 9.62. The van der Waals surface area contributed by atoms with Crippen LogP contribution in [-0.2, 0) is 21.7 Å². The van der Waals surface area contributed by atoms with Gasteiger partial charge in [0.25, 0.3) is 0 Å². The van der Waals surface area contributed by atoms with Gasteiger partial charge in [0.15, 0.2) is 0 Å². The molecule has 0 amide bonds. The smallest absolute Gasteiger partial charge is 1.00 e. The van der Waals surface area contributed by atoms with E-state index in [-0.39, 0.29) is 58.9 Å². The summed E-state index contributed by atoms with van der Waals surface area (Å²) in [7, 11) is -2.30. The second kappa shape index (κ2) is 12.7. The third-order valence-corrected chi connectivity index (χ3v) is 10.4. The van der Waals surface area contributed by atoms with Crippen LogP contribution in [-0.4, -0.2) is 8.07 Å². The van der Waals surface area contributed by atoms with E-state index in [0.717, 1.165) is 6.42 Å². The van der Waals surface area contributed by atoms with Gasteiger partial charge in [0.1, 0.15) is 0 Å². The second-order valence-corrected chi connectivity index (χ2v) is 10.9. The summed E-state index contributed by atoms with van der Waals surface area (Å²) in [5, 5.41) is 5.91. The Hall–Kier alpha value is -1.06. The fraction of sp³-hybridized carbons (Fsp3) is 0.120. The molecule has 0 radical (unpaired) electrons. The molecule has 1 aliphatic carbocycles. The summed E-state index contributed by atoms with van der Waals surface area (Å²) in [6.45, 7) is 4.44. The van der Waals surface area contributed by atoms with Crippen molar-refractivity contribution in [2.45, 2.75) is 20.3 Å². The third kappa shape index (κ3) is 5.22. The van der Waals surface area contributed by atoms with Crippen LogP contribution in [0.3, 0.4) is 0 Å². The molecule has 0 nitrogen and oxygen atoms in total. The number of hydrogen-bond acceptors (Lipinski definition) is 0. The molecule has 0 spiro atoms. The summed E-state index contributed by atoms with van der Waals surface area (Å²) in [5.74, 6) is 0. The first-order chi connectivity index (χ1) is 12.7. The normalized spacial score (nSPS) is 12.5. The summed E-state index contributed by atoms with van der Waals surface area (Å²) in [6, 6.07) is 33.3. The summed E-state index contributed by atoms with van der Waals surface area (Å²) >= 11 is 0. The van der Waals surface area contributed by atoms with Crippen LogP contribution in [0.25, 0.3) is 0 Å². The number of halogens is 3. The van der Waals surface area contributed by atoms with Crippen molar-refractivity contribution in [3.8, 4) is 0 Å². The largest absolute Gasteiger partial charge is 4.00 e. The molecule has 0 heterocycles. The molecule has 3 aromatic carbocycles.